The Morgan fingerprint density at radius 1 is 1.47 bits per heavy atom. The van der Waals surface area contributed by atoms with Crippen molar-refractivity contribution in [3.05, 3.63) is 34.9 Å². The van der Waals surface area contributed by atoms with Crippen LogP contribution in [-0.4, -0.2) is 12.5 Å². The number of rotatable bonds is 2. The van der Waals surface area contributed by atoms with Gasteiger partial charge in [0.25, 0.3) is 0 Å². The maximum Gasteiger partial charge on any atom is 0.221 e. The van der Waals surface area contributed by atoms with Gasteiger partial charge in [0.1, 0.15) is 0 Å². The molecule has 0 aromatic heterocycles. The van der Waals surface area contributed by atoms with Crippen molar-refractivity contribution in [2.45, 2.75) is 19.4 Å². The molecular formula is C11H15ClN2O. The third-order valence-electron chi connectivity index (χ3n) is 2.60. The van der Waals surface area contributed by atoms with Gasteiger partial charge in [-0.1, -0.05) is 18.2 Å². The van der Waals surface area contributed by atoms with E-state index in [-0.39, 0.29) is 18.3 Å². The summed E-state index contributed by atoms with van der Waals surface area (Å²) in [5.74, 6) is -0.253. The molecule has 2 rings (SSSR count). The molecule has 0 saturated heterocycles. The number of nitrogens with one attached hydrogen (secondary N) is 1. The highest BCUT2D eigenvalue weighted by atomic mass is 35.5. The van der Waals surface area contributed by atoms with Gasteiger partial charge in [0.2, 0.25) is 5.91 Å². The summed E-state index contributed by atoms with van der Waals surface area (Å²) >= 11 is 0. The van der Waals surface area contributed by atoms with Crippen LogP contribution in [0.15, 0.2) is 18.2 Å². The van der Waals surface area contributed by atoms with Gasteiger partial charge in [-0.3, -0.25) is 4.79 Å². The molecule has 82 valence electrons. The Bertz CT molecular complexity index is 366. The number of hydrogen-bond donors (Lipinski definition) is 2. The van der Waals surface area contributed by atoms with E-state index < -0.39 is 0 Å². The second-order valence-electron chi connectivity index (χ2n) is 3.62. The van der Waals surface area contributed by atoms with E-state index in [0.717, 1.165) is 25.1 Å². The summed E-state index contributed by atoms with van der Waals surface area (Å²) in [6, 6.07) is 6.09. The van der Waals surface area contributed by atoms with Crippen molar-refractivity contribution in [2.75, 3.05) is 6.54 Å². The summed E-state index contributed by atoms with van der Waals surface area (Å²) in [5, 5.41) is 3.31. The summed E-state index contributed by atoms with van der Waals surface area (Å²) in [5.41, 5.74) is 8.91. The highest BCUT2D eigenvalue weighted by Crippen LogP contribution is 2.18. The first-order chi connectivity index (χ1) is 6.77. The normalized spacial score (nSPS) is 13.9. The van der Waals surface area contributed by atoms with Crippen molar-refractivity contribution >= 4 is 18.3 Å². The smallest absolute Gasteiger partial charge is 0.221 e. The van der Waals surface area contributed by atoms with E-state index in [4.69, 9.17) is 5.73 Å². The number of primary amides is 1. The molecule has 0 radical (unpaired) electrons. The maximum atomic E-state index is 10.9. The van der Waals surface area contributed by atoms with Gasteiger partial charge in [-0.2, -0.15) is 0 Å². The second-order valence-corrected chi connectivity index (χ2v) is 3.62. The highest BCUT2D eigenvalue weighted by Gasteiger charge is 2.12. The molecule has 1 aromatic rings. The third-order valence-corrected chi connectivity index (χ3v) is 2.60. The summed E-state index contributed by atoms with van der Waals surface area (Å²) in [6.07, 6.45) is 1.36. The predicted molar refractivity (Wildman–Crippen MR) is 62.0 cm³/mol. The number of amides is 1. The highest BCUT2D eigenvalue weighted by molar-refractivity contribution is 5.85. The van der Waals surface area contributed by atoms with Crippen LogP contribution >= 0.6 is 12.4 Å². The van der Waals surface area contributed by atoms with Crippen LogP contribution < -0.4 is 11.1 Å². The predicted octanol–water partition coefficient (Wildman–Crippen LogP) is 0.782. The lowest BCUT2D eigenvalue weighted by Crippen LogP contribution is -2.25. The molecule has 0 aliphatic carbocycles. The summed E-state index contributed by atoms with van der Waals surface area (Å²) in [4.78, 5) is 10.9. The Balaban J connectivity index is 0.00000112. The van der Waals surface area contributed by atoms with Gasteiger partial charge in [0.05, 0.1) is 6.42 Å². The van der Waals surface area contributed by atoms with Crippen LogP contribution in [0.3, 0.4) is 0 Å². The first-order valence-corrected chi connectivity index (χ1v) is 4.86. The minimum absolute atomic E-state index is 0. The standard InChI is InChI=1S/C11H14N2O.ClH/c12-11(14)6-8-2-1-3-9-7-13-5-4-10(8)9;/h1-3,13H,4-7H2,(H2,12,14);1H. The van der Waals surface area contributed by atoms with Crippen molar-refractivity contribution < 1.29 is 4.79 Å². The first kappa shape index (κ1) is 12.0. The zero-order valence-corrected chi connectivity index (χ0v) is 9.27. The quantitative estimate of drug-likeness (QED) is 0.783. The van der Waals surface area contributed by atoms with Crippen LogP contribution in [0.4, 0.5) is 0 Å². The van der Waals surface area contributed by atoms with Crippen molar-refractivity contribution in [2.24, 2.45) is 5.73 Å². The van der Waals surface area contributed by atoms with Crippen LogP contribution in [0.25, 0.3) is 0 Å². The van der Waals surface area contributed by atoms with Gasteiger partial charge in [-0.25, -0.2) is 0 Å². The molecule has 3 nitrogen and oxygen atoms in total. The van der Waals surface area contributed by atoms with E-state index in [0.29, 0.717) is 6.42 Å². The molecule has 0 saturated carbocycles. The van der Waals surface area contributed by atoms with Crippen LogP contribution in [0.5, 0.6) is 0 Å². The lowest BCUT2D eigenvalue weighted by Gasteiger charge is -2.19. The molecule has 0 unspecified atom stereocenters. The van der Waals surface area contributed by atoms with Gasteiger partial charge in [-0.15, -0.1) is 12.4 Å². The van der Waals surface area contributed by atoms with E-state index in [1.165, 1.54) is 11.1 Å². The molecule has 1 aliphatic rings. The largest absolute Gasteiger partial charge is 0.369 e. The van der Waals surface area contributed by atoms with E-state index in [2.05, 4.69) is 11.4 Å². The molecule has 1 amide bonds. The molecule has 15 heavy (non-hydrogen) atoms. The topological polar surface area (TPSA) is 55.1 Å². The van der Waals surface area contributed by atoms with Crippen LogP contribution in [-0.2, 0) is 24.2 Å². The van der Waals surface area contributed by atoms with Crippen LogP contribution in [0, 0.1) is 0 Å². The fraction of sp³-hybridized carbons (Fsp3) is 0.364. The van der Waals surface area contributed by atoms with Gasteiger partial charge >= 0.3 is 0 Å². The summed E-state index contributed by atoms with van der Waals surface area (Å²) in [6.45, 7) is 1.89. The molecule has 0 atom stereocenters. The van der Waals surface area contributed by atoms with Crippen LogP contribution in [0.1, 0.15) is 16.7 Å². The van der Waals surface area contributed by atoms with Crippen LogP contribution in [0.2, 0.25) is 0 Å². The Hall–Kier alpha value is -1.06. The van der Waals surface area contributed by atoms with E-state index in [9.17, 15) is 4.79 Å². The summed E-state index contributed by atoms with van der Waals surface area (Å²) < 4.78 is 0. The number of carbonyl (C=O) groups excluding carboxylic acids is 1. The van der Waals surface area contributed by atoms with Gasteiger partial charge in [-0.05, 0) is 29.7 Å². The Labute approximate surface area is 95.5 Å². The Morgan fingerprint density at radius 3 is 3.00 bits per heavy atom. The average molecular weight is 227 g/mol. The lowest BCUT2D eigenvalue weighted by molar-refractivity contribution is -0.117. The number of halogens is 1. The maximum absolute atomic E-state index is 10.9. The lowest BCUT2D eigenvalue weighted by atomic mass is 9.94. The van der Waals surface area contributed by atoms with E-state index in [1.54, 1.807) is 0 Å². The molecule has 0 bridgehead atoms. The number of benzene rings is 1. The fourth-order valence-electron chi connectivity index (χ4n) is 1.96. The van der Waals surface area contributed by atoms with Gasteiger partial charge < -0.3 is 11.1 Å². The Morgan fingerprint density at radius 2 is 2.27 bits per heavy atom. The van der Waals surface area contributed by atoms with Crippen molar-refractivity contribution in [1.82, 2.24) is 5.32 Å². The first-order valence-electron chi connectivity index (χ1n) is 4.86. The molecule has 3 N–H and O–H groups in total. The third kappa shape index (κ3) is 2.70. The molecule has 1 heterocycles. The molecule has 4 heteroatoms. The fourth-order valence-corrected chi connectivity index (χ4v) is 1.96. The number of fused-ring (bicyclic) bond motifs is 1. The number of hydrogen-bond acceptors (Lipinski definition) is 2. The second kappa shape index (κ2) is 5.14. The van der Waals surface area contributed by atoms with Crippen molar-refractivity contribution in [3.63, 3.8) is 0 Å². The minimum Gasteiger partial charge on any atom is -0.369 e. The van der Waals surface area contributed by atoms with Gasteiger partial charge in [0.15, 0.2) is 0 Å². The number of carbonyl (C=O) groups is 1. The SMILES string of the molecule is Cl.NC(=O)Cc1cccc2c1CCNC2. The van der Waals surface area contributed by atoms with Gasteiger partial charge in [0, 0.05) is 6.54 Å². The zero-order valence-electron chi connectivity index (χ0n) is 8.45. The van der Waals surface area contributed by atoms with E-state index in [1.807, 2.05) is 12.1 Å². The molecule has 0 spiro atoms. The summed E-state index contributed by atoms with van der Waals surface area (Å²) in [7, 11) is 0. The zero-order chi connectivity index (χ0) is 9.97. The molecule has 1 aromatic carbocycles. The average Bonchev–Trinajstić information content (AvgIpc) is 2.18. The number of nitrogens with two attached hydrogens (primary N) is 1. The molecular weight excluding hydrogens is 212 g/mol. The Kier molecular flexibility index (Phi) is 4.12. The minimum atomic E-state index is -0.253. The van der Waals surface area contributed by atoms with E-state index >= 15 is 0 Å². The van der Waals surface area contributed by atoms with Crippen molar-refractivity contribution in [1.29, 1.82) is 0 Å². The molecule has 0 fully saturated rings. The molecule has 1 aliphatic heterocycles. The monoisotopic (exact) mass is 226 g/mol. The van der Waals surface area contributed by atoms with Crippen molar-refractivity contribution in [3.8, 4) is 0 Å².